The van der Waals surface area contributed by atoms with Crippen LogP contribution in [0.15, 0.2) is 53.2 Å². The van der Waals surface area contributed by atoms with Crippen molar-refractivity contribution in [1.29, 1.82) is 0 Å². The highest BCUT2D eigenvalue weighted by Crippen LogP contribution is 2.14. The molecule has 1 heterocycles. The summed E-state index contributed by atoms with van der Waals surface area (Å²) < 4.78 is 5.93. The Morgan fingerprint density at radius 2 is 2.12 bits per heavy atom. The van der Waals surface area contributed by atoms with Crippen LogP contribution in [0.25, 0.3) is 0 Å². The molecule has 0 aromatic heterocycles. The fourth-order valence-electron chi connectivity index (χ4n) is 3.53. The van der Waals surface area contributed by atoms with Crippen LogP contribution in [0.4, 0.5) is 0 Å². The summed E-state index contributed by atoms with van der Waals surface area (Å²) in [6.45, 7) is 19.5. The van der Waals surface area contributed by atoms with Crippen LogP contribution in [0, 0.1) is 0 Å². The Morgan fingerprint density at radius 1 is 1.39 bits per heavy atom. The lowest BCUT2D eigenvalue weighted by Gasteiger charge is -2.31. The average molecular weight is 460 g/mol. The van der Waals surface area contributed by atoms with Crippen molar-refractivity contribution in [2.24, 2.45) is 4.99 Å². The van der Waals surface area contributed by atoms with Gasteiger partial charge in [-0.2, -0.15) is 0 Å². The quantitative estimate of drug-likeness (QED) is 0.181. The first-order valence-electron chi connectivity index (χ1n) is 11.8. The van der Waals surface area contributed by atoms with Crippen molar-refractivity contribution in [2.75, 3.05) is 46.9 Å². The van der Waals surface area contributed by atoms with Crippen LogP contribution in [0.1, 0.15) is 47.0 Å². The maximum Gasteiger partial charge on any atom is 0.239 e. The lowest BCUT2D eigenvalue weighted by Crippen LogP contribution is -2.54. The SMILES string of the molecule is C=C/C=C(C)\C=C(/C)COCC[C@H](CC(=NC)N1CCCNCC1=C)NC(=O)C(C)(C)NC. The third-order valence-electron chi connectivity index (χ3n) is 5.77. The van der Waals surface area contributed by atoms with Gasteiger partial charge in [-0.05, 0) is 59.7 Å². The molecule has 7 heteroatoms. The maximum atomic E-state index is 12.9. The summed E-state index contributed by atoms with van der Waals surface area (Å²) in [5.74, 6) is 0.903. The van der Waals surface area contributed by atoms with Crippen LogP contribution in [-0.2, 0) is 9.53 Å². The zero-order chi connectivity index (χ0) is 24.9. The molecule has 33 heavy (non-hydrogen) atoms. The topological polar surface area (TPSA) is 78.0 Å². The number of hydrogen-bond acceptors (Lipinski definition) is 5. The lowest BCUT2D eigenvalue weighted by atomic mass is 10.0. The molecule has 0 radical (unpaired) electrons. The average Bonchev–Trinajstić information content (AvgIpc) is 2.98. The van der Waals surface area contributed by atoms with Crippen LogP contribution < -0.4 is 16.0 Å². The van der Waals surface area contributed by atoms with Gasteiger partial charge >= 0.3 is 0 Å². The second-order valence-electron chi connectivity index (χ2n) is 9.12. The first-order valence-corrected chi connectivity index (χ1v) is 11.8. The van der Waals surface area contributed by atoms with Gasteiger partial charge in [0.2, 0.25) is 5.91 Å². The van der Waals surface area contributed by atoms with Gasteiger partial charge in [-0.3, -0.25) is 9.79 Å². The third kappa shape index (κ3) is 10.5. The van der Waals surface area contributed by atoms with Crippen LogP contribution >= 0.6 is 0 Å². The largest absolute Gasteiger partial charge is 0.377 e. The zero-order valence-electron chi connectivity index (χ0n) is 21.6. The van der Waals surface area contributed by atoms with E-state index in [-0.39, 0.29) is 11.9 Å². The Kier molecular flexibility index (Phi) is 13.0. The minimum absolute atomic E-state index is 0.0388. The highest BCUT2D eigenvalue weighted by atomic mass is 16.5. The monoisotopic (exact) mass is 459 g/mol. The predicted molar refractivity (Wildman–Crippen MR) is 140 cm³/mol. The van der Waals surface area contributed by atoms with Crippen LogP contribution in [-0.4, -0.2) is 75.2 Å². The number of nitrogens with one attached hydrogen (secondary N) is 3. The summed E-state index contributed by atoms with van der Waals surface area (Å²) in [4.78, 5) is 19.6. The van der Waals surface area contributed by atoms with E-state index in [4.69, 9.17) is 4.74 Å². The molecule has 1 aliphatic rings. The van der Waals surface area contributed by atoms with E-state index < -0.39 is 5.54 Å². The molecular weight excluding hydrogens is 414 g/mol. The number of amidine groups is 1. The molecule has 186 valence electrons. The molecule has 0 aromatic rings. The summed E-state index contributed by atoms with van der Waals surface area (Å²) in [7, 11) is 3.60. The minimum Gasteiger partial charge on any atom is -0.377 e. The first kappa shape index (κ1) is 28.8. The predicted octanol–water partition coefficient (Wildman–Crippen LogP) is 3.18. The molecule has 0 aromatic carbocycles. The standard InChI is InChI=1S/C26H45N5O2/c1-9-11-20(2)16-21(3)19-33-15-12-23(30-25(32)26(5,6)28-8)17-24(27-7)31-14-10-13-29-18-22(31)4/h9,11,16,23,28-29H,1,4,10,12-15,17-19H2,2-3,5-8H3,(H,30,32)/b20-11-,21-16+,27-24?/t23-/m1/s1. The smallest absolute Gasteiger partial charge is 0.239 e. The number of likely N-dealkylation sites (N-methyl/N-ethyl adjacent to an activating group) is 1. The van der Waals surface area contributed by atoms with E-state index in [0.29, 0.717) is 26.1 Å². The number of amides is 1. The van der Waals surface area contributed by atoms with Gasteiger partial charge in [0.1, 0.15) is 5.84 Å². The van der Waals surface area contributed by atoms with Crippen molar-refractivity contribution in [2.45, 2.75) is 58.5 Å². The van der Waals surface area contributed by atoms with E-state index in [1.165, 1.54) is 0 Å². The molecule has 1 saturated heterocycles. The molecule has 0 aliphatic carbocycles. The number of rotatable bonds is 12. The van der Waals surface area contributed by atoms with Crippen molar-refractivity contribution in [3.8, 4) is 0 Å². The second kappa shape index (κ2) is 14.8. The van der Waals surface area contributed by atoms with E-state index in [1.54, 1.807) is 20.2 Å². The molecule has 1 aliphatic heterocycles. The fourth-order valence-corrected chi connectivity index (χ4v) is 3.53. The second-order valence-corrected chi connectivity index (χ2v) is 9.12. The summed E-state index contributed by atoms with van der Waals surface area (Å²) >= 11 is 0. The number of carbonyl (C=O) groups is 1. The molecular formula is C26H45N5O2. The molecule has 0 spiro atoms. The van der Waals surface area contributed by atoms with E-state index in [1.807, 2.05) is 26.8 Å². The minimum atomic E-state index is -0.660. The number of allylic oxidation sites excluding steroid dienone is 4. The van der Waals surface area contributed by atoms with Gasteiger partial charge in [0.15, 0.2) is 0 Å². The van der Waals surface area contributed by atoms with Gasteiger partial charge in [-0.1, -0.05) is 37.0 Å². The highest BCUT2D eigenvalue weighted by Gasteiger charge is 2.28. The van der Waals surface area contributed by atoms with Gasteiger partial charge < -0.3 is 25.6 Å². The third-order valence-corrected chi connectivity index (χ3v) is 5.77. The highest BCUT2D eigenvalue weighted by molar-refractivity contribution is 5.88. The molecule has 0 unspecified atom stereocenters. The van der Waals surface area contributed by atoms with E-state index >= 15 is 0 Å². The first-order chi connectivity index (χ1) is 15.6. The summed E-state index contributed by atoms with van der Waals surface area (Å²) in [6.07, 6.45) is 8.18. The van der Waals surface area contributed by atoms with Gasteiger partial charge in [0.05, 0.1) is 12.1 Å². The van der Waals surface area contributed by atoms with Gasteiger partial charge in [-0.25, -0.2) is 0 Å². The van der Waals surface area contributed by atoms with E-state index in [9.17, 15) is 4.79 Å². The van der Waals surface area contributed by atoms with Crippen LogP contribution in [0.5, 0.6) is 0 Å². The van der Waals surface area contributed by atoms with Gasteiger partial charge in [-0.15, -0.1) is 0 Å². The van der Waals surface area contributed by atoms with Crippen molar-refractivity contribution in [3.05, 3.63) is 48.2 Å². The molecule has 1 amide bonds. The normalized spacial score (nSPS) is 17.6. The Hall–Kier alpha value is -2.22. The number of carbonyl (C=O) groups excluding carboxylic acids is 1. The zero-order valence-corrected chi connectivity index (χ0v) is 21.6. The molecule has 1 atom stereocenters. The molecule has 3 N–H and O–H groups in total. The summed E-state index contributed by atoms with van der Waals surface area (Å²) in [5.41, 5.74) is 2.63. The van der Waals surface area contributed by atoms with Crippen molar-refractivity contribution in [3.63, 3.8) is 0 Å². The van der Waals surface area contributed by atoms with Crippen LogP contribution in [0.2, 0.25) is 0 Å². The summed E-state index contributed by atoms with van der Waals surface area (Å²) in [5, 5.41) is 9.67. The van der Waals surface area contributed by atoms with Crippen LogP contribution in [0.3, 0.4) is 0 Å². The Bertz CT molecular complexity index is 752. The number of aliphatic imine (C=N–C) groups is 1. The van der Waals surface area contributed by atoms with Crippen molar-refractivity contribution < 1.29 is 9.53 Å². The van der Waals surface area contributed by atoms with E-state index in [0.717, 1.165) is 48.7 Å². The van der Waals surface area contributed by atoms with Gasteiger partial charge in [0, 0.05) is 44.9 Å². The van der Waals surface area contributed by atoms with Crippen molar-refractivity contribution >= 4 is 11.7 Å². The molecule has 7 nitrogen and oxygen atoms in total. The maximum absolute atomic E-state index is 12.9. The fraction of sp³-hybridized carbons (Fsp3) is 0.615. The molecule has 1 fully saturated rings. The number of nitrogens with zero attached hydrogens (tertiary/aromatic N) is 2. The lowest BCUT2D eigenvalue weighted by molar-refractivity contribution is -0.127. The van der Waals surface area contributed by atoms with Gasteiger partial charge in [0.25, 0.3) is 0 Å². The molecule has 0 saturated carbocycles. The number of hydrogen-bond donors (Lipinski definition) is 3. The molecule has 0 bridgehead atoms. The van der Waals surface area contributed by atoms with Crippen molar-refractivity contribution in [1.82, 2.24) is 20.9 Å². The summed E-state index contributed by atoms with van der Waals surface area (Å²) in [6, 6.07) is -0.0977. The van der Waals surface area contributed by atoms with E-state index in [2.05, 4.69) is 52.0 Å². The number of ether oxygens (including phenoxy) is 1. The molecule has 1 rings (SSSR count). The Morgan fingerprint density at radius 3 is 2.76 bits per heavy atom. The Labute approximate surface area is 201 Å². The Balaban J connectivity index is 2.84.